The summed E-state index contributed by atoms with van der Waals surface area (Å²) in [6.45, 7) is 5.43. The molecule has 3 heteroatoms. The van der Waals surface area contributed by atoms with Crippen LogP contribution in [-0.4, -0.2) is 25.2 Å². The van der Waals surface area contributed by atoms with Crippen LogP contribution >= 0.6 is 0 Å². The Morgan fingerprint density at radius 1 is 1.58 bits per heavy atom. The molecule has 70 valence electrons. The maximum absolute atomic E-state index is 11.2. The Morgan fingerprint density at radius 2 is 2.33 bits per heavy atom. The first-order valence-corrected chi connectivity index (χ1v) is 4.68. The van der Waals surface area contributed by atoms with E-state index in [1.165, 1.54) is 0 Å². The molecule has 1 saturated heterocycles. The van der Waals surface area contributed by atoms with Crippen LogP contribution in [0.15, 0.2) is 0 Å². The van der Waals surface area contributed by atoms with Crippen LogP contribution in [0.3, 0.4) is 0 Å². The van der Waals surface area contributed by atoms with Gasteiger partial charge in [0, 0.05) is 0 Å². The van der Waals surface area contributed by atoms with Crippen molar-refractivity contribution >= 4 is 5.97 Å². The zero-order chi connectivity index (χ0) is 8.97. The summed E-state index contributed by atoms with van der Waals surface area (Å²) < 4.78 is 4.92. The molecule has 0 spiro atoms. The molecular formula is C9H17NO2. The Labute approximate surface area is 73.5 Å². The van der Waals surface area contributed by atoms with Crippen LogP contribution in [0.5, 0.6) is 0 Å². The van der Waals surface area contributed by atoms with Gasteiger partial charge >= 0.3 is 5.97 Å². The molecule has 0 saturated carbocycles. The van der Waals surface area contributed by atoms with Gasteiger partial charge in [-0.15, -0.1) is 0 Å². The number of hydrogen-bond donors (Lipinski definition) is 1. The van der Waals surface area contributed by atoms with E-state index in [0.29, 0.717) is 12.5 Å². The lowest BCUT2D eigenvalue weighted by molar-refractivity contribution is -0.145. The topological polar surface area (TPSA) is 38.3 Å². The standard InChI is InChI=1S/C9H17NO2/c1-3-7-5-8(10-6-7)9(11)12-4-2/h7-8,10H,3-6H2,1-2H3. The second kappa shape index (κ2) is 4.45. The van der Waals surface area contributed by atoms with E-state index in [-0.39, 0.29) is 12.0 Å². The van der Waals surface area contributed by atoms with E-state index in [1.807, 2.05) is 6.92 Å². The summed E-state index contributed by atoms with van der Waals surface area (Å²) in [7, 11) is 0. The van der Waals surface area contributed by atoms with Crippen molar-refractivity contribution < 1.29 is 9.53 Å². The van der Waals surface area contributed by atoms with Crippen molar-refractivity contribution in [1.29, 1.82) is 0 Å². The van der Waals surface area contributed by atoms with Gasteiger partial charge in [-0.05, 0) is 25.8 Å². The first-order valence-electron chi connectivity index (χ1n) is 4.68. The summed E-state index contributed by atoms with van der Waals surface area (Å²) in [5.41, 5.74) is 0. The van der Waals surface area contributed by atoms with E-state index in [0.717, 1.165) is 19.4 Å². The molecule has 1 N–H and O–H groups in total. The summed E-state index contributed by atoms with van der Waals surface area (Å²) in [6.07, 6.45) is 2.08. The minimum Gasteiger partial charge on any atom is -0.465 e. The van der Waals surface area contributed by atoms with E-state index in [1.54, 1.807) is 0 Å². The first kappa shape index (κ1) is 9.52. The SMILES string of the molecule is CCOC(=O)C1CC(CC)CN1. The Hall–Kier alpha value is -0.570. The molecule has 0 bridgehead atoms. The predicted octanol–water partition coefficient (Wildman–Crippen LogP) is 0.938. The fraction of sp³-hybridized carbons (Fsp3) is 0.889. The molecule has 1 aliphatic heterocycles. The average molecular weight is 171 g/mol. The molecule has 2 atom stereocenters. The molecule has 2 unspecified atom stereocenters. The van der Waals surface area contributed by atoms with Gasteiger partial charge in [0.25, 0.3) is 0 Å². The third kappa shape index (κ3) is 2.21. The highest BCUT2D eigenvalue weighted by atomic mass is 16.5. The average Bonchev–Trinajstić information content (AvgIpc) is 2.52. The van der Waals surface area contributed by atoms with Gasteiger partial charge in [-0.2, -0.15) is 0 Å². The number of hydrogen-bond acceptors (Lipinski definition) is 3. The maximum Gasteiger partial charge on any atom is 0.323 e. The van der Waals surface area contributed by atoms with Crippen LogP contribution < -0.4 is 5.32 Å². The molecule has 0 aromatic rings. The van der Waals surface area contributed by atoms with Gasteiger partial charge in [0.15, 0.2) is 0 Å². The van der Waals surface area contributed by atoms with Gasteiger partial charge < -0.3 is 10.1 Å². The second-order valence-corrected chi connectivity index (χ2v) is 3.22. The summed E-state index contributed by atoms with van der Waals surface area (Å²) in [5, 5.41) is 3.17. The first-order chi connectivity index (χ1) is 5.77. The summed E-state index contributed by atoms with van der Waals surface area (Å²) in [4.78, 5) is 11.2. The normalized spacial score (nSPS) is 28.8. The van der Waals surface area contributed by atoms with Gasteiger partial charge in [0.2, 0.25) is 0 Å². The van der Waals surface area contributed by atoms with Crippen LogP contribution in [0.25, 0.3) is 0 Å². The Bertz CT molecular complexity index is 159. The van der Waals surface area contributed by atoms with Gasteiger partial charge in [0.1, 0.15) is 6.04 Å². The zero-order valence-corrected chi connectivity index (χ0v) is 7.80. The number of esters is 1. The highest BCUT2D eigenvalue weighted by Crippen LogP contribution is 2.17. The molecule has 0 amide bonds. The van der Waals surface area contributed by atoms with E-state index < -0.39 is 0 Å². The highest BCUT2D eigenvalue weighted by Gasteiger charge is 2.28. The van der Waals surface area contributed by atoms with E-state index >= 15 is 0 Å². The quantitative estimate of drug-likeness (QED) is 0.642. The molecule has 3 nitrogen and oxygen atoms in total. The van der Waals surface area contributed by atoms with Crippen LogP contribution in [0.1, 0.15) is 26.7 Å². The van der Waals surface area contributed by atoms with Crippen molar-refractivity contribution in [3.05, 3.63) is 0 Å². The highest BCUT2D eigenvalue weighted by molar-refractivity contribution is 5.76. The third-order valence-electron chi connectivity index (χ3n) is 2.37. The lowest BCUT2D eigenvalue weighted by Gasteiger charge is -2.08. The van der Waals surface area contributed by atoms with E-state index in [4.69, 9.17) is 4.74 Å². The molecule has 0 aromatic heterocycles. The third-order valence-corrected chi connectivity index (χ3v) is 2.37. The molecule has 1 aliphatic rings. The summed E-state index contributed by atoms with van der Waals surface area (Å²) >= 11 is 0. The second-order valence-electron chi connectivity index (χ2n) is 3.22. The van der Waals surface area contributed by atoms with E-state index in [9.17, 15) is 4.79 Å². The Kier molecular flexibility index (Phi) is 3.53. The summed E-state index contributed by atoms with van der Waals surface area (Å²) in [5.74, 6) is 0.563. The van der Waals surface area contributed by atoms with Gasteiger partial charge in [-0.1, -0.05) is 13.3 Å². The molecule has 12 heavy (non-hydrogen) atoms. The largest absolute Gasteiger partial charge is 0.465 e. The Morgan fingerprint density at radius 3 is 2.83 bits per heavy atom. The van der Waals surface area contributed by atoms with Crippen molar-refractivity contribution in [3.63, 3.8) is 0 Å². The minimum atomic E-state index is -0.0894. The fourth-order valence-electron chi connectivity index (χ4n) is 1.54. The van der Waals surface area contributed by atoms with Crippen molar-refractivity contribution in [3.8, 4) is 0 Å². The van der Waals surface area contributed by atoms with Gasteiger partial charge in [-0.3, -0.25) is 4.79 Å². The van der Waals surface area contributed by atoms with Crippen LogP contribution in [0, 0.1) is 5.92 Å². The maximum atomic E-state index is 11.2. The molecule has 0 radical (unpaired) electrons. The number of rotatable bonds is 3. The minimum absolute atomic E-state index is 0.0464. The van der Waals surface area contributed by atoms with Crippen LogP contribution in [-0.2, 0) is 9.53 Å². The number of nitrogens with one attached hydrogen (secondary N) is 1. The lowest BCUT2D eigenvalue weighted by Crippen LogP contribution is -2.32. The molecule has 1 heterocycles. The predicted molar refractivity (Wildman–Crippen MR) is 46.8 cm³/mol. The van der Waals surface area contributed by atoms with Crippen molar-refractivity contribution in [2.75, 3.05) is 13.2 Å². The number of carbonyl (C=O) groups excluding carboxylic acids is 1. The molecule has 1 fully saturated rings. The zero-order valence-electron chi connectivity index (χ0n) is 7.80. The van der Waals surface area contributed by atoms with Crippen LogP contribution in [0.4, 0.5) is 0 Å². The molecule has 0 aliphatic carbocycles. The van der Waals surface area contributed by atoms with Crippen molar-refractivity contribution in [2.45, 2.75) is 32.7 Å². The van der Waals surface area contributed by atoms with Crippen molar-refractivity contribution in [1.82, 2.24) is 5.32 Å². The number of ether oxygens (including phenoxy) is 1. The fourth-order valence-corrected chi connectivity index (χ4v) is 1.54. The lowest BCUT2D eigenvalue weighted by atomic mass is 10.0. The summed E-state index contributed by atoms with van der Waals surface area (Å²) in [6, 6.07) is -0.0464. The van der Waals surface area contributed by atoms with Gasteiger partial charge in [0.05, 0.1) is 6.61 Å². The van der Waals surface area contributed by atoms with E-state index in [2.05, 4.69) is 12.2 Å². The van der Waals surface area contributed by atoms with Crippen molar-refractivity contribution in [2.24, 2.45) is 5.92 Å². The molecular weight excluding hydrogens is 154 g/mol. The number of carbonyl (C=O) groups is 1. The molecule has 0 aromatic carbocycles. The Balaban J connectivity index is 2.31. The van der Waals surface area contributed by atoms with Crippen LogP contribution in [0.2, 0.25) is 0 Å². The van der Waals surface area contributed by atoms with Gasteiger partial charge in [-0.25, -0.2) is 0 Å². The monoisotopic (exact) mass is 171 g/mol. The smallest absolute Gasteiger partial charge is 0.323 e. The molecule has 1 rings (SSSR count).